The molecule has 240 valence electrons. The highest BCUT2D eigenvalue weighted by atomic mass is 16.6. The number of epoxide rings is 1. The lowest BCUT2D eigenvalue weighted by Crippen LogP contribution is -2.57. The van der Waals surface area contributed by atoms with E-state index < -0.39 is 35.5 Å². The third-order valence-corrected chi connectivity index (χ3v) is 8.15. The van der Waals surface area contributed by atoms with Gasteiger partial charge >= 0.3 is 0 Å². The number of amides is 3. The summed E-state index contributed by atoms with van der Waals surface area (Å²) in [6.07, 6.45) is 2.06. The molecule has 0 spiro atoms. The van der Waals surface area contributed by atoms with Crippen LogP contribution in [0.15, 0.2) is 48.7 Å². The predicted octanol–water partition coefficient (Wildman–Crippen LogP) is 0.521. The molecule has 45 heavy (non-hydrogen) atoms. The van der Waals surface area contributed by atoms with Gasteiger partial charge in [0.25, 0.3) is 0 Å². The first kappa shape index (κ1) is 32.1. The maximum atomic E-state index is 13.9. The zero-order chi connectivity index (χ0) is 32.0. The van der Waals surface area contributed by atoms with Gasteiger partial charge in [-0.15, -0.1) is 0 Å². The summed E-state index contributed by atoms with van der Waals surface area (Å²) in [4.78, 5) is 55.3. The van der Waals surface area contributed by atoms with Crippen LogP contribution in [-0.2, 0) is 41.5 Å². The van der Waals surface area contributed by atoms with Gasteiger partial charge < -0.3 is 30.2 Å². The first-order valence-corrected chi connectivity index (χ1v) is 15.1. The topological polar surface area (TPSA) is 167 Å². The minimum Gasteiger partial charge on any atom is -0.497 e. The van der Waals surface area contributed by atoms with Crippen molar-refractivity contribution in [2.45, 2.75) is 50.4 Å². The molecule has 3 amide bonds. The van der Waals surface area contributed by atoms with Gasteiger partial charge in [-0.3, -0.25) is 29.2 Å². The zero-order valence-electron chi connectivity index (χ0n) is 25.8. The number of aromatic amines is 1. The number of nitrogens with one attached hydrogen (secondary N) is 4. The second-order valence-corrected chi connectivity index (χ2v) is 11.7. The minimum atomic E-state index is -1.04. The van der Waals surface area contributed by atoms with E-state index >= 15 is 0 Å². The molecule has 2 aromatic carbocycles. The summed E-state index contributed by atoms with van der Waals surface area (Å²) in [6, 6.07) is 9.97. The van der Waals surface area contributed by atoms with E-state index in [-0.39, 0.29) is 37.7 Å². The second kappa shape index (κ2) is 14.2. The number of hydrogen-bond acceptors (Lipinski definition) is 9. The van der Waals surface area contributed by atoms with Gasteiger partial charge in [0.2, 0.25) is 17.7 Å². The Balaban J connectivity index is 1.30. The van der Waals surface area contributed by atoms with E-state index in [0.29, 0.717) is 32.1 Å². The molecule has 1 aromatic heterocycles. The van der Waals surface area contributed by atoms with Gasteiger partial charge in [-0.1, -0.05) is 18.2 Å². The Morgan fingerprint density at radius 3 is 2.33 bits per heavy atom. The molecule has 0 radical (unpaired) electrons. The Hall–Kier alpha value is -4.33. The van der Waals surface area contributed by atoms with Crippen molar-refractivity contribution in [3.8, 4) is 5.75 Å². The third kappa shape index (κ3) is 8.44. The summed E-state index contributed by atoms with van der Waals surface area (Å²) < 4.78 is 16.0. The van der Waals surface area contributed by atoms with Crippen LogP contribution in [0.2, 0.25) is 0 Å². The number of carbonyl (C=O) groups excluding carboxylic acids is 4. The van der Waals surface area contributed by atoms with Crippen molar-refractivity contribution in [2.24, 2.45) is 0 Å². The van der Waals surface area contributed by atoms with Crippen molar-refractivity contribution in [3.63, 3.8) is 0 Å². The molecule has 3 aromatic rings. The number of benzene rings is 2. The maximum absolute atomic E-state index is 13.9. The monoisotopic (exact) mass is 620 g/mol. The molecular formula is C32H40N6O7. The Morgan fingerprint density at radius 1 is 0.978 bits per heavy atom. The molecule has 0 unspecified atom stereocenters. The summed E-state index contributed by atoms with van der Waals surface area (Å²) in [5.41, 5.74) is 1.48. The van der Waals surface area contributed by atoms with Crippen molar-refractivity contribution in [3.05, 3.63) is 59.8 Å². The van der Waals surface area contributed by atoms with Gasteiger partial charge in [-0.25, -0.2) is 0 Å². The number of nitrogens with zero attached hydrogens (tertiary/aromatic N) is 2. The Labute approximate surface area is 261 Å². The molecule has 13 heteroatoms. The average molecular weight is 621 g/mol. The lowest BCUT2D eigenvalue weighted by Gasteiger charge is -2.27. The van der Waals surface area contributed by atoms with Crippen molar-refractivity contribution in [1.82, 2.24) is 31.0 Å². The Bertz CT molecular complexity index is 1510. The fourth-order valence-electron chi connectivity index (χ4n) is 5.27. The average Bonchev–Trinajstić information content (AvgIpc) is 3.62. The van der Waals surface area contributed by atoms with Crippen molar-refractivity contribution < 1.29 is 33.4 Å². The van der Waals surface area contributed by atoms with Crippen molar-refractivity contribution in [2.75, 3.05) is 46.6 Å². The first-order chi connectivity index (χ1) is 21.6. The second-order valence-electron chi connectivity index (χ2n) is 11.7. The molecule has 5 rings (SSSR count). The summed E-state index contributed by atoms with van der Waals surface area (Å²) in [7, 11) is 1.56. The van der Waals surface area contributed by atoms with E-state index in [4.69, 9.17) is 14.2 Å². The van der Waals surface area contributed by atoms with Gasteiger partial charge in [0.05, 0.1) is 51.2 Å². The van der Waals surface area contributed by atoms with E-state index in [1.54, 1.807) is 51.4 Å². The number of methoxy groups -OCH3 is 1. The molecule has 2 fully saturated rings. The highest BCUT2D eigenvalue weighted by Crippen LogP contribution is 2.29. The van der Waals surface area contributed by atoms with Crippen LogP contribution in [-0.4, -0.2) is 109 Å². The summed E-state index contributed by atoms with van der Waals surface area (Å²) >= 11 is 0. The van der Waals surface area contributed by atoms with E-state index in [0.717, 1.165) is 22.0 Å². The number of H-pyrrole nitrogens is 1. The van der Waals surface area contributed by atoms with Gasteiger partial charge in [0.15, 0.2) is 5.78 Å². The Morgan fingerprint density at radius 2 is 1.64 bits per heavy atom. The SMILES string of the molecule is COc1ccc(C[C@H](NC(=O)[C@H](C)NC(=O)CN2CCOCC2)C(=O)N[C@@H](Cc2ccc3[nH]ncc3c2)C(=O)[C@@]2(C)CO2)cc1. The van der Waals surface area contributed by atoms with Gasteiger partial charge in [-0.2, -0.15) is 5.10 Å². The summed E-state index contributed by atoms with van der Waals surface area (Å²) in [5.74, 6) is -0.948. The van der Waals surface area contributed by atoms with Crippen LogP contribution in [0.5, 0.6) is 5.75 Å². The van der Waals surface area contributed by atoms with Crippen LogP contribution in [0.1, 0.15) is 25.0 Å². The largest absolute Gasteiger partial charge is 0.497 e. The molecule has 2 aliphatic heterocycles. The predicted molar refractivity (Wildman–Crippen MR) is 165 cm³/mol. The van der Waals surface area contributed by atoms with Crippen LogP contribution in [0.25, 0.3) is 10.9 Å². The van der Waals surface area contributed by atoms with Crippen LogP contribution in [0, 0.1) is 0 Å². The number of ketones is 1. The molecule has 0 bridgehead atoms. The maximum Gasteiger partial charge on any atom is 0.243 e. The minimum absolute atomic E-state index is 0.145. The molecule has 2 aliphatic rings. The molecule has 3 heterocycles. The zero-order valence-corrected chi connectivity index (χ0v) is 25.8. The summed E-state index contributed by atoms with van der Waals surface area (Å²) in [5, 5.41) is 16.3. The van der Waals surface area contributed by atoms with E-state index in [9.17, 15) is 19.2 Å². The fraction of sp³-hybridized carbons (Fsp3) is 0.469. The lowest BCUT2D eigenvalue weighted by atomic mass is 9.93. The molecule has 0 aliphatic carbocycles. The van der Waals surface area contributed by atoms with Gasteiger partial charge in [-0.05, 0) is 55.7 Å². The van der Waals surface area contributed by atoms with Crippen molar-refractivity contribution >= 4 is 34.4 Å². The van der Waals surface area contributed by atoms with Crippen LogP contribution in [0.4, 0.5) is 0 Å². The number of rotatable bonds is 14. The van der Waals surface area contributed by atoms with Crippen LogP contribution >= 0.6 is 0 Å². The molecule has 2 saturated heterocycles. The lowest BCUT2D eigenvalue weighted by molar-refractivity contribution is -0.134. The van der Waals surface area contributed by atoms with Gasteiger partial charge in [0, 0.05) is 24.9 Å². The number of aromatic nitrogens is 2. The van der Waals surface area contributed by atoms with Gasteiger partial charge in [0.1, 0.15) is 23.4 Å². The highest BCUT2D eigenvalue weighted by molar-refractivity contribution is 5.98. The number of Topliss-reactive ketones (excluding diaryl/α,β-unsaturated/α-hetero) is 1. The summed E-state index contributed by atoms with van der Waals surface area (Å²) in [6.45, 7) is 6.06. The van der Waals surface area contributed by atoms with Crippen molar-refractivity contribution in [1.29, 1.82) is 0 Å². The number of fused-ring (bicyclic) bond motifs is 1. The number of carbonyl (C=O) groups is 4. The van der Waals surface area contributed by atoms with Crippen LogP contribution in [0.3, 0.4) is 0 Å². The molecule has 4 atom stereocenters. The molecule has 13 nitrogen and oxygen atoms in total. The molecular weight excluding hydrogens is 580 g/mol. The Kier molecular flexibility index (Phi) is 10.1. The third-order valence-electron chi connectivity index (χ3n) is 8.15. The quantitative estimate of drug-likeness (QED) is 0.188. The smallest absolute Gasteiger partial charge is 0.243 e. The number of morpholine rings is 1. The van der Waals surface area contributed by atoms with E-state index in [1.165, 1.54) is 0 Å². The normalized spacial score (nSPS) is 20.1. The highest BCUT2D eigenvalue weighted by Gasteiger charge is 2.50. The van der Waals surface area contributed by atoms with Crippen LogP contribution < -0.4 is 20.7 Å². The number of hydrogen-bond donors (Lipinski definition) is 4. The molecule has 0 saturated carbocycles. The van der Waals surface area contributed by atoms with E-state index in [2.05, 4.69) is 26.1 Å². The van der Waals surface area contributed by atoms with E-state index in [1.807, 2.05) is 23.1 Å². The molecule has 4 N–H and O–H groups in total. The fourth-order valence-corrected chi connectivity index (χ4v) is 5.27. The first-order valence-electron chi connectivity index (χ1n) is 15.1. The standard InChI is InChI=1S/C32H40N6O7/c1-20(34-28(39)18-38-10-12-44-13-11-38)30(41)36-27(15-21-4-7-24(43-3)8-5-21)31(42)35-26(29(40)32(2)19-45-32)16-22-6-9-25-23(14-22)17-33-37-25/h4-9,14,17,20,26-27H,10-13,15-16,18-19H2,1-3H3,(H,33,37)(H,34,39)(H,35,42)(H,36,41)/t20-,26-,27-,32+/m0/s1. The number of ether oxygens (including phenoxy) is 3.